The standard InChI is InChI=1S/C16H22ClN3/c1-4-8-18-11-13-10-14(17)5-6-16(13)20-9-7-15(19-20)12(2)3/h5-7,9-10,12,18H,4,8,11H2,1-3H3. The molecule has 2 rings (SSSR count). The van der Waals surface area contributed by atoms with Crippen molar-refractivity contribution in [1.29, 1.82) is 0 Å². The van der Waals surface area contributed by atoms with Crippen LogP contribution in [-0.2, 0) is 6.54 Å². The molecule has 108 valence electrons. The van der Waals surface area contributed by atoms with E-state index in [9.17, 15) is 0 Å². The molecule has 0 aliphatic heterocycles. The van der Waals surface area contributed by atoms with E-state index in [0.29, 0.717) is 5.92 Å². The first-order valence-electron chi connectivity index (χ1n) is 7.17. The molecule has 0 saturated carbocycles. The summed E-state index contributed by atoms with van der Waals surface area (Å²) in [6.07, 6.45) is 3.14. The molecule has 0 saturated heterocycles. The average Bonchev–Trinajstić information content (AvgIpc) is 2.89. The fourth-order valence-corrected chi connectivity index (χ4v) is 2.29. The van der Waals surface area contributed by atoms with Crippen LogP contribution in [0, 0.1) is 0 Å². The van der Waals surface area contributed by atoms with Gasteiger partial charge >= 0.3 is 0 Å². The van der Waals surface area contributed by atoms with E-state index in [0.717, 1.165) is 35.9 Å². The zero-order chi connectivity index (χ0) is 14.5. The van der Waals surface area contributed by atoms with Gasteiger partial charge in [-0.1, -0.05) is 32.4 Å². The van der Waals surface area contributed by atoms with E-state index in [2.05, 4.69) is 37.3 Å². The van der Waals surface area contributed by atoms with Gasteiger partial charge in [0, 0.05) is 17.8 Å². The molecule has 0 atom stereocenters. The van der Waals surface area contributed by atoms with Crippen LogP contribution < -0.4 is 5.32 Å². The molecule has 1 N–H and O–H groups in total. The minimum atomic E-state index is 0.435. The second-order valence-electron chi connectivity index (χ2n) is 5.29. The Morgan fingerprint density at radius 2 is 2.10 bits per heavy atom. The number of aromatic nitrogens is 2. The van der Waals surface area contributed by atoms with Gasteiger partial charge in [-0.05, 0) is 48.7 Å². The van der Waals surface area contributed by atoms with Crippen LogP contribution in [0.2, 0.25) is 5.02 Å². The Balaban J connectivity index is 2.29. The second kappa shape index (κ2) is 6.91. The Hall–Kier alpha value is -1.32. The Morgan fingerprint density at radius 1 is 1.30 bits per heavy atom. The van der Waals surface area contributed by atoms with Gasteiger partial charge in [-0.25, -0.2) is 4.68 Å². The molecule has 0 radical (unpaired) electrons. The van der Waals surface area contributed by atoms with Gasteiger partial charge < -0.3 is 5.32 Å². The maximum atomic E-state index is 6.12. The second-order valence-corrected chi connectivity index (χ2v) is 5.73. The van der Waals surface area contributed by atoms with E-state index >= 15 is 0 Å². The molecule has 0 bridgehead atoms. The van der Waals surface area contributed by atoms with Crippen molar-refractivity contribution >= 4 is 11.6 Å². The molecule has 0 spiro atoms. The van der Waals surface area contributed by atoms with Gasteiger partial charge in [-0.15, -0.1) is 0 Å². The highest BCUT2D eigenvalue weighted by molar-refractivity contribution is 6.30. The average molecular weight is 292 g/mol. The minimum Gasteiger partial charge on any atom is -0.313 e. The number of benzene rings is 1. The molecule has 3 nitrogen and oxygen atoms in total. The monoisotopic (exact) mass is 291 g/mol. The van der Waals surface area contributed by atoms with E-state index in [1.165, 1.54) is 5.56 Å². The van der Waals surface area contributed by atoms with Crippen molar-refractivity contribution in [2.24, 2.45) is 0 Å². The molecule has 0 aliphatic rings. The predicted octanol–water partition coefficient (Wildman–Crippen LogP) is 4.15. The quantitative estimate of drug-likeness (QED) is 0.810. The summed E-state index contributed by atoms with van der Waals surface area (Å²) < 4.78 is 1.94. The normalized spacial score (nSPS) is 11.2. The van der Waals surface area contributed by atoms with Crippen molar-refractivity contribution in [3.05, 3.63) is 46.7 Å². The maximum absolute atomic E-state index is 6.12. The molecular formula is C16H22ClN3. The van der Waals surface area contributed by atoms with Crippen molar-refractivity contribution in [2.75, 3.05) is 6.54 Å². The van der Waals surface area contributed by atoms with Crippen LogP contribution in [0.15, 0.2) is 30.5 Å². The van der Waals surface area contributed by atoms with Crippen molar-refractivity contribution in [1.82, 2.24) is 15.1 Å². The van der Waals surface area contributed by atoms with Gasteiger partial charge in [0.05, 0.1) is 11.4 Å². The number of nitrogens with one attached hydrogen (secondary N) is 1. The third-order valence-corrected chi connectivity index (χ3v) is 3.47. The zero-order valence-electron chi connectivity index (χ0n) is 12.4. The van der Waals surface area contributed by atoms with E-state index in [1.807, 2.05) is 29.1 Å². The highest BCUT2D eigenvalue weighted by atomic mass is 35.5. The number of hydrogen-bond acceptors (Lipinski definition) is 2. The van der Waals surface area contributed by atoms with E-state index in [1.54, 1.807) is 0 Å². The number of rotatable bonds is 6. The molecular weight excluding hydrogens is 270 g/mol. The van der Waals surface area contributed by atoms with Crippen LogP contribution in [0.4, 0.5) is 0 Å². The van der Waals surface area contributed by atoms with Gasteiger partial charge in [0.1, 0.15) is 0 Å². The summed E-state index contributed by atoms with van der Waals surface area (Å²) in [7, 11) is 0. The lowest BCUT2D eigenvalue weighted by Gasteiger charge is -2.11. The van der Waals surface area contributed by atoms with Crippen LogP contribution in [0.1, 0.15) is 44.4 Å². The fourth-order valence-electron chi connectivity index (χ4n) is 2.10. The summed E-state index contributed by atoms with van der Waals surface area (Å²) in [4.78, 5) is 0. The lowest BCUT2D eigenvalue weighted by molar-refractivity contribution is 0.669. The zero-order valence-corrected chi connectivity index (χ0v) is 13.1. The topological polar surface area (TPSA) is 29.9 Å². The predicted molar refractivity (Wildman–Crippen MR) is 84.7 cm³/mol. The van der Waals surface area contributed by atoms with Gasteiger partial charge in [0.25, 0.3) is 0 Å². The summed E-state index contributed by atoms with van der Waals surface area (Å²) >= 11 is 6.12. The van der Waals surface area contributed by atoms with E-state index in [-0.39, 0.29) is 0 Å². The highest BCUT2D eigenvalue weighted by Gasteiger charge is 2.09. The van der Waals surface area contributed by atoms with Crippen LogP contribution in [0.3, 0.4) is 0 Å². The van der Waals surface area contributed by atoms with Gasteiger partial charge in [-0.2, -0.15) is 5.10 Å². The summed E-state index contributed by atoms with van der Waals surface area (Å²) in [5.74, 6) is 0.435. The summed E-state index contributed by atoms with van der Waals surface area (Å²) in [6.45, 7) is 8.27. The lowest BCUT2D eigenvalue weighted by Crippen LogP contribution is -2.15. The maximum Gasteiger partial charge on any atom is 0.0691 e. The lowest BCUT2D eigenvalue weighted by atomic mass is 10.1. The van der Waals surface area contributed by atoms with E-state index in [4.69, 9.17) is 11.6 Å². The SMILES string of the molecule is CCCNCc1cc(Cl)ccc1-n1ccc(C(C)C)n1. The molecule has 2 aromatic rings. The summed E-state index contributed by atoms with van der Waals surface area (Å²) in [5, 5.41) is 8.83. The molecule has 1 aromatic carbocycles. The molecule has 1 heterocycles. The van der Waals surface area contributed by atoms with Crippen LogP contribution in [-0.4, -0.2) is 16.3 Å². The highest BCUT2D eigenvalue weighted by Crippen LogP contribution is 2.21. The molecule has 1 aromatic heterocycles. The van der Waals surface area contributed by atoms with Crippen LogP contribution >= 0.6 is 11.6 Å². The first-order valence-corrected chi connectivity index (χ1v) is 7.54. The Bertz CT molecular complexity index is 561. The molecule has 4 heteroatoms. The Kier molecular flexibility index (Phi) is 5.21. The minimum absolute atomic E-state index is 0.435. The Labute approximate surface area is 126 Å². The largest absolute Gasteiger partial charge is 0.313 e. The number of hydrogen-bond donors (Lipinski definition) is 1. The van der Waals surface area contributed by atoms with Crippen molar-refractivity contribution in [2.45, 2.75) is 39.7 Å². The number of nitrogens with zero attached hydrogens (tertiary/aromatic N) is 2. The van der Waals surface area contributed by atoms with Gasteiger partial charge in [-0.3, -0.25) is 0 Å². The van der Waals surface area contributed by atoms with Crippen molar-refractivity contribution in [3.8, 4) is 5.69 Å². The number of halogens is 1. The first-order chi connectivity index (χ1) is 9.61. The summed E-state index contributed by atoms with van der Waals surface area (Å²) in [6, 6.07) is 8.03. The molecule has 20 heavy (non-hydrogen) atoms. The van der Waals surface area contributed by atoms with Crippen molar-refractivity contribution < 1.29 is 0 Å². The molecule has 0 unspecified atom stereocenters. The molecule has 0 fully saturated rings. The van der Waals surface area contributed by atoms with Crippen LogP contribution in [0.25, 0.3) is 5.69 Å². The Morgan fingerprint density at radius 3 is 2.75 bits per heavy atom. The van der Waals surface area contributed by atoms with Gasteiger partial charge in [0.15, 0.2) is 0 Å². The first kappa shape index (κ1) is 15.1. The molecule has 0 amide bonds. The third kappa shape index (κ3) is 3.62. The van der Waals surface area contributed by atoms with Crippen molar-refractivity contribution in [3.63, 3.8) is 0 Å². The summed E-state index contributed by atoms with van der Waals surface area (Å²) in [5.41, 5.74) is 3.36. The smallest absolute Gasteiger partial charge is 0.0691 e. The fraction of sp³-hybridized carbons (Fsp3) is 0.438. The molecule has 0 aliphatic carbocycles. The van der Waals surface area contributed by atoms with E-state index < -0.39 is 0 Å². The third-order valence-electron chi connectivity index (χ3n) is 3.23. The van der Waals surface area contributed by atoms with Crippen LogP contribution in [0.5, 0.6) is 0 Å². The van der Waals surface area contributed by atoms with Gasteiger partial charge in [0.2, 0.25) is 0 Å².